The Labute approximate surface area is 86.5 Å². The van der Waals surface area contributed by atoms with Crippen molar-refractivity contribution in [3.8, 4) is 0 Å². The highest BCUT2D eigenvalue weighted by atomic mass is 127. The monoisotopic (exact) mass is 266 g/mol. The SMILES string of the molecule is Bc1ccc(I)c2ccccc12. The minimum Gasteiger partial charge on any atom is -0.0812 e. The van der Waals surface area contributed by atoms with Gasteiger partial charge in [0.1, 0.15) is 7.85 Å². The Bertz CT molecular complexity index is 383. The lowest BCUT2D eigenvalue weighted by Gasteiger charge is -2.02. The second-order valence-electron chi connectivity index (χ2n) is 2.91. The first-order valence-corrected chi connectivity index (χ1v) is 5.01. The zero-order chi connectivity index (χ0) is 8.55. The number of hydrogen-bond acceptors (Lipinski definition) is 0. The fourth-order valence-electron chi connectivity index (χ4n) is 1.41. The maximum absolute atomic E-state index is 2.37. The molecule has 0 saturated carbocycles. The van der Waals surface area contributed by atoms with Gasteiger partial charge in [0.15, 0.2) is 0 Å². The molecule has 2 aromatic rings. The average molecular weight is 266 g/mol. The Balaban J connectivity index is 2.95. The average Bonchev–Trinajstić information content (AvgIpc) is 2.12. The quantitative estimate of drug-likeness (QED) is 0.503. The van der Waals surface area contributed by atoms with E-state index in [4.69, 9.17) is 0 Å². The van der Waals surface area contributed by atoms with Gasteiger partial charge in [0.05, 0.1) is 0 Å². The molecule has 0 aliphatic carbocycles. The van der Waals surface area contributed by atoms with Crippen molar-refractivity contribution in [3.63, 3.8) is 0 Å². The van der Waals surface area contributed by atoms with Gasteiger partial charge in [-0.3, -0.25) is 0 Å². The second kappa shape index (κ2) is 3.09. The zero-order valence-corrected chi connectivity index (χ0v) is 9.00. The van der Waals surface area contributed by atoms with E-state index in [0.29, 0.717) is 0 Å². The van der Waals surface area contributed by atoms with Gasteiger partial charge in [-0.1, -0.05) is 35.8 Å². The van der Waals surface area contributed by atoms with Gasteiger partial charge in [-0.25, -0.2) is 0 Å². The van der Waals surface area contributed by atoms with Crippen molar-refractivity contribution in [3.05, 3.63) is 40.0 Å². The minimum atomic E-state index is 1.33. The Morgan fingerprint density at radius 2 is 1.58 bits per heavy atom. The Morgan fingerprint density at radius 1 is 0.917 bits per heavy atom. The Morgan fingerprint density at radius 3 is 2.25 bits per heavy atom. The topological polar surface area (TPSA) is 0 Å². The fourth-order valence-corrected chi connectivity index (χ4v) is 2.06. The highest BCUT2D eigenvalue weighted by Crippen LogP contribution is 2.17. The maximum atomic E-state index is 2.37. The molecule has 0 aliphatic heterocycles. The van der Waals surface area contributed by atoms with Crippen LogP contribution in [0.5, 0.6) is 0 Å². The van der Waals surface area contributed by atoms with Crippen molar-refractivity contribution < 1.29 is 0 Å². The van der Waals surface area contributed by atoms with Gasteiger partial charge in [-0.05, 0) is 39.4 Å². The van der Waals surface area contributed by atoms with E-state index >= 15 is 0 Å². The molecule has 12 heavy (non-hydrogen) atoms. The van der Waals surface area contributed by atoms with Gasteiger partial charge in [0.25, 0.3) is 0 Å². The van der Waals surface area contributed by atoms with Crippen LogP contribution in [-0.2, 0) is 0 Å². The minimum absolute atomic E-state index is 1.33. The molecule has 2 rings (SSSR count). The summed E-state index contributed by atoms with van der Waals surface area (Å²) in [4.78, 5) is 0. The summed E-state index contributed by atoms with van der Waals surface area (Å²) in [6.45, 7) is 0. The molecule has 0 fully saturated rings. The first-order chi connectivity index (χ1) is 5.79. The summed E-state index contributed by atoms with van der Waals surface area (Å²) < 4.78 is 1.33. The fraction of sp³-hybridized carbons (Fsp3) is 0. The molecule has 2 aromatic carbocycles. The summed E-state index contributed by atoms with van der Waals surface area (Å²) >= 11 is 2.37. The van der Waals surface area contributed by atoms with Crippen LogP contribution in [0.25, 0.3) is 10.8 Å². The standard InChI is InChI=1S/C10H8BI/c11-9-5-6-10(12)8-4-2-1-3-7(8)9/h1-6H,11H2. The third kappa shape index (κ3) is 1.24. The highest BCUT2D eigenvalue weighted by molar-refractivity contribution is 14.1. The predicted octanol–water partition coefficient (Wildman–Crippen LogP) is 1.70. The van der Waals surface area contributed by atoms with Crippen molar-refractivity contribution in [2.45, 2.75) is 0 Å². The molecule has 0 atom stereocenters. The molecule has 0 aromatic heterocycles. The van der Waals surface area contributed by atoms with Crippen LogP contribution in [-0.4, -0.2) is 7.85 Å². The molecule has 0 heterocycles. The molecular formula is C10H8BI. The third-order valence-electron chi connectivity index (χ3n) is 2.09. The lowest BCUT2D eigenvalue weighted by atomic mass is 9.90. The summed E-state index contributed by atoms with van der Waals surface area (Å²) in [5.41, 5.74) is 1.35. The third-order valence-corrected chi connectivity index (χ3v) is 3.03. The van der Waals surface area contributed by atoms with Crippen molar-refractivity contribution >= 4 is 46.7 Å². The van der Waals surface area contributed by atoms with E-state index in [1.807, 2.05) is 0 Å². The zero-order valence-electron chi connectivity index (χ0n) is 6.84. The van der Waals surface area contributed by atoms with Gasteiger partial charge in [0.2, 0.25) is 0 Å². The number of halogens is 1. The van der Waals surface area contributed by atoms with E-state index < -0.39 is 0 Å². The Kier molecular flexibility index (Phi) is 2.09. The molecule has 58 valence electrons. The second-order valence-corrected chi connectivity index (χ2v) is 4.07. The molecule has 0 amide bonds. The van der Waals surface area contributed by atoms with Gasteiger partial charge in [-0.15, -0.1) is 0 Å². The van der Waals surface area contributed by atoms with Crippen LogP contribution in [0.15, 0.2) is 36.4 Å². The molecule has 0 aliphatic rings. The lowest BCUT2D eigenvalue weighted by molar-refractivity contribution is 1.74. The summed E-state index contributed by atoms with van der Waals surface area (Å²) in [6.07, 6.45) is 0. The first kappa shape index (κ1) is 8.11. The van der Waals surface area contributed by atoms with Gasteiger partial charge >= 0.3 is 0 Å². The lowest BCUT2D eigenvalue weighted by Crippen LogP contribution is -2.03. The highest BCUT2D eigenvalue weighted by Gasteiger charge is 1.98. The smallest absolute Gasteiger partial charge is 0.0812 e. The van der Waals surface area contributed by atoms with Crippen LogP contribution >= 0.6 is 22.6 Å². The molecule has 0 unspecified atom stereocenters. The first-order valence-electron chi connectivity index (χ1n) is 3.93. The van der Waals surface area contributed by atoms with Gasteiger partial charge in [0, 0.05) is 3.57 Å². The largest absolute Gasteiger partial charge is 0.140 e. The van der Waals surface area contributed by atoms with Crippen molar-refractivity contribution in [2.75, 3.05) is 0 Å². The van der Waals surface area contributed by atoms with E-state index in [1.54, 1.807) is 0 Å². The van der Waals surface area contributed by atoms with Crippen molar-refractivity contribution in [1.82, 2.24) is 0 Å². The van der Waals surface area contributed by atoms with E-state index in [-0.39, 0.29) is 0 Å². The summed E-state index contributed by atoms with van der Waals surface area (Å²) in [7, 11) is 2.15. The van der Waals surface area contributed by atoms with Crippen molar-refractivity contribution in [1.29, 1.82) is 0 Å². The van der Waals surface area contributed by atoms with E-state index in [2.05, 4.69) is 66.8 Å². The van der Waals surface area contributed by atoms with Crippen LogP contribution in [0, 0.1) is 3.57 Å². The summed E-state index contributed by atoms with van der Waals surface area (Å²) in [5, 5.41) is 2.72. The molecule has 0 bridgehead atoms. The molecule has 2 heteroatoms. The Hall–Kier alpha value is -0.505. The maximum Gasteiger partial charge on any atom is 0.140 e. The van der Waals surface area contributed by atoms with E-state index in [1.165, 1.54) is 19.8 Å². The number of benzene rings is 2. The van der Waals surface area contributed by atoms with Crippen LogP contribution in [0.4, 0.5) is 0 Å². The van der Waals surface area contributed by atoms with E-state index in [9.17, 15) is 0 Å². The summed E-state index contributed by atoms with van der Waals surface area (Å²) in [5.74, 6) is 0. The molecule has 0 spiro atoms. The normalized spacial score (nSPS) is 10.4. The number of hydrogen-bond donors (Lipinski definition) is 0. The molecule has 0 nitrogen and oxygen atoms in total. The van der Waals surface area contributed by atoms with Crippen LogP contribution < -0.4 is 5.46 Å². The van der Waals surface area contributed by atoms with Crippen LogP contribution in [0.3, 0.4) is 0 Å². The van der Waals surface area contributed by atoms with Crippen molar-refractivity contribution in [2.24, 2.45) is 0 Å². The van der Waals surface area contributed by atoms with E-state index in [0.717, 1.165) is 0 Å². The predicted molar refractivity (Wildman–Crippen MR) is 64.8 cm³/mol. The number of rotatable bonds is 0. The number of fused-ring (bicyclic) bond motifs is 1. The van der Waals surface area contributed by atoms with Crippen LogP contribution in [0.1, 0.15) is 0 Å². The van der Waals surface area contributed by atoms with Gasteiger partial charge < -0.3 is 0 Å². The molecule has 0 N–H and O–H groups in total. The van der Waals surface area contributed by atoms with Crippen LogP contribution in [0.2, 0.25) is 0 Å². The summed E-state index contributed by atoms with van der Waals surface area (Å²) in [6, 6.07) is 12.9. The molecule has 0 radical (unpaired) electrons. The molecular weight excluding hydrogens is 258 g/mol. The molecule has 0 saturated heterocycles. The van der Waals surface area contributed by atoms with Gasteiger partial charge in [-0.2, -0.15) is 0 Å².